The Kier molecular flexibility index (Phi) is 2.30. The molecule has 0 N–H and O–H groups in total. The summed E-state index contributed by atoms with van der Waals surface area (Å²) >= 11 is 0. The number of fused-ring (bicyclic) bond motifs is 1. The molecule has 1 heteroatoms. The molecule has 0 unspecified atom stereocenters. The van der Waals surface area contributed by atoms with Gasteiger partial charge in [0, 0.05) is 24.1 Å². The van der Waals surface area contributed by atoms with Crippen LogP contribution in [0.2, 0.25) is 0 Å². The minimum atomic E-state index is 1.09. The topological polar surface area (TPSA) is 3.88 Å². The molecule has 0 spiro atoms. The Morgan fingerprint density at radius 3 is 2.56 bits per heavy atom. The van der Waals surface area contributed by atoms with Crippen molar-refractivity contribution in [3.8, 4) is 0 Å². The largest absolute Gasteiger partial charge is 0.212 e. The Labute approximate surface area is 95.7 Å². The summed E-state index contributed by atoms with van der Waals surface area (Å²) in [6, 6.07) is 17.0. The molecule has 0 amide bonds. The average Bonchev–Trinajstić information content (AvgIpc) is 2.39. The van der Waals surface area contributed by atoms with E-state index in [0.717, 1.165) is 13.0 Å². The van der Waals surface area contributed by atoms with Gasteiger partial charge in [-0.25, -0.2) is 0 Å². The molecule has 0 saturated heterocycles. The predicted molar refractivity (Wildman–Crippen MR) is 64.8 cm³/mol. The minimum absolute atomic E-state index is 1.09. The first-order valence-corrected chi connectivity index (χ1v) is 5.69. The lowest BCUT2D eigenvalue weighted by Crippen LogP contribution is -2.39. The highest BCUT2D eigenvalue weighted by molar-refractivity contribution is 5.76. The van der Waals surface area contributed by atoms with Gasteiger partial charge in [0.1, 0.15) is 0 Å². The number of hydrogen-bond acceptors (Lipinski definition) is 0. The van der Waals surface area contributed by atoms with Crippen LogP contribution in [0, 0.1) is 0 Å². The number of rotatable bonds is 1. The third kappa shape index (κ3) is 1.54. The molecule has 1 aliphatic rings. The average molecular weight is 208 g/mol. The van der Waals surface area contributed by atoms with Gasteiger partial charge in [-0.2, -0.15) is 4.57 Å². The normalized spacial score (nSPS) is 14.1. The van der Waals surface area contributed by atoms with E-state index in [9.17, 15) is 0 Å². The molecule has 3 rings (SSSR count). The number of benzene rings is 1. The maximum absolute atomic E-state index is 2.34. The van der Waals surface area contributed by atoms with E-state index in [0.29, 0.717) is 0 Å². The highest BCUT2D eigenvalue weighted by atomic mass is 15.0. The molecule has 0 radical (unpaired) electrons. The Morgan fingerprint density at radius 2 is 1.69 bits per heavy atom. The van der Waals surface area contributed by atoms with Crippen molar-refractivity contribution >= 4 is 5.57 Å². The number of nitrogens with zero attached hydrogens (tertiary/aromatic N) is 1. The molecule has 1 nitrogen and oxygen atoms in total. The molecule has 0 fully saturated rings. The lowest BCUT2D eigenvalue weighted by atomic mass is 9.98. The van der Waals surface area contributed by atoms with E-state index < -0.39 is 0 Å². The van der Waals surface area contributed by atoms with Crippen LogP contribution in [-0.4, -0.2) is 0 Å². The number of hydrogen-bond donors (Lipinski definition) is 0. The molecule has 2 heterocycles. The second-order valence-electron chi connectivity index (χ2n) is 4.05. The molecular formula is C15H14N+. The van der Waals surface area contributed by atoms with Crippen molar-refractivity contribution in [1.29, 1.82) is 0 Å². The van der Waals surface area contributed by atoms with E-state index in [-0.39, 0.29) is 0 Å². The first-order chi connectivity index (χ1) is 7.95. The zero-order chi connectivity index (χ0) is 10.8. The molecule has 0 bridgehead atoms. The summed E-state index contributed by atoms with van der Waals surface area (Å²) in [6.07, 6.45) is 5.61. The summed E-state index contributed by atoms with van der Waals surface area (Å²) < 4.78 is 2.32. The Balaban J connectivity index is 2.13. The van der Waals surface area contributed by atoms with Crippen LogP contribution in [0.1, 0.15) is 17.7 Å². The molecule has 0 aliphatic carbocycles. The maximum atomic E-state index is 2.34. The zero-order valence-electron chi connectivity index (χ0n) is 9.13. The van der Waals surface area contributed by atoms with Crippen molar-refractivity contribution in [3.63, 3.8) is 0 Å². The van der Waals surface area contributed by atoms with Crippen LogP contribution in [0.5, 0.6) is 0 Å². The van der Waals surface area contributed by atoms with Gasteiger partial charge in [0.25, 0.3) is 0 Å². The van der Waals surface area contributed by atoms with Crippen molar-refractivity contribution in [2.45, 2.75) is 13.0 Å². The Hall–Kier alpha value is -1.89. The highest BCUT2D eigenvalue weighted by Gasteiger charge is 2.19. The fourth-order valence-electron chi connectivity index (χ4n) is 2.25. The van der Waals surface area contributed by atoms with E-state index in [1.807, 2.05) is 0 Å². The zero-order valence-corrected chi connectivity index (χ0v) is 9.13. The van der Waals surface area contributed by atoms with Crippen LogP contribution < -0.4 is 4.57 Å². The summed E-state index contributed by atoms with van der Waals surface area (Å²) in [7, 11) is 0. The summed E-state index contributed by atoms with van der Waals surface area (Å²) in [4.78, 5) is 0. The van der Waals surface area contributed by atoms with E-state index in [4.69, 9.17) is 0 Å². The van der Waals surface area contributed by atoms with E-state index in [1.165, 1.54) is 16.8 Å². The molecule has 0 saturated carbocycles. The van der Waals surface area contributed by atoms with E-state index >= 15 is 0 Å². The molecule has 1 aliphatic heterocycles. The third-order valence-corrected chi connectivity index (χ3v) is 3.02. The lowest BCUT2D eigenvalue weighted by Gasteiger charge is -2.12. The quantitative estimate of drug-likeness (QED) is 0.634. The van der Waals surface area contributed by atoms with Crippen LogP contribution in [0.25, 0.3) is 5.57 Å². The summed E-state index contributed by atoms with van der Waals surface area (Å²) in [5, 5.41) is 0. The lowest BCUT2D eigenvalue weighted by molar-refractivity contribution is -0.699. The van der Waals surface area contributed by atoms with Crippen molar-refractivity contribution in [3.05, 3.63) is 72.1 Å². The molecule has 16 heavy (non-hydrogen) atoms. The maximum Gasteiger partial charge on any atom is 0.212 e. The molecule has 2 aromatic rings. The molecule has 0 atom stereocenters. The van der Waals surface area contributed by atoms with Crippen LogP contribution in [0.3, 0.4) is 0 Å². The molecule has 78 valence electrons. The first-order valence-electron chi connectivity index (χ1n) is 5.69. The Bertz CT molecular complexity index is 526. The smallest absolute Gasteiger partial charge is 0.198 e. The summed E-state index contributed by atoms with van der Waals surface area (Å²) in [5.74, 6) is 0. The molecular weight excluding hydrogens is 194 g/mol. The van der Waals surface area contributed by atoms with E-state index in [2.05, 4.69) is 65.4 Å². The fourth-order valence-corrected chi connectivity index (χ4v) is 2.25. The molecule has 1 aromatic carbocycles. The second kappa shape index (κ2) is 3.93. The van der Waals surface area contributed by atoms with Gasteiger partial charge < -0.3 is 0 Å². The number of aryl methyl sites for hydroxylation is 1. The molecule has 1 aromatic heterocycles. The van der Waals surface area contributed by atoms with Gasteiger partial charge in [-0.1, -0.05) is 36.4 Å². The van der Waals surface area contributed by atoms with Crippen molar-refractivity contribution < 1.29 is 4.57 Å². The van der Waals surface area contributed by atoms with Crippen LogP contribution in [0.15, 0.2) is 60.8 Å². The van der Waals surface area contributed by atoms with Gasteiger partial charge in [0.05, 0.1) is 0 Å². The van der Waals surface area contributed by atoms with Gasteiger partial charge in [-0.15, -0.1) is 0 Å². The standard InChI is InChI=1S/C15H14N/c1-2-7-13(8-3-1)14-9-6-12-16-11-5-4-10-15(14)16/h1-5,7-11H,6,12H2/q+1. The first kappa shape index (κ1) is 9.34. The number of allylic oxidation sites excluding steroid dienone is 1. The second-order valence-corrected chi connectivity index (χ2v) is 4.05. The summed E-state index contributed by atoms with van der Waals surface area (Å²) in [5.41, 5.74) is 3.98. The van der Waals surface area contributed by atoms with Crippen molar-refractivity contribution in [1.82, 2.24) is 0 Å². The van der Waals surface area contributed by atoms with Gasteiger partial charge in [0.2, 0.25) is 5.69 Å². The predicted octanol–water partition coefficient (Wildman–Crippen LogP) is 2.81. The fraction of sp³-hybridized carbons (Fsp3) is 0.133. The van der Waals surface area contributed by atoms with Crippen LogP contribution in [-0.2, 0) is 6.54 Å². The highest BCUT2D eigenvalue weighted by Crippen LogP contribution is 2.23. The van der Waals surface area contributed by atoms with Crippen molar-refractivity contribution in [2.75, 3.05) is 0 Å². The number of pyridine rings is 1. The SMILES string of the molecule is C1=C(c2ccccc2)c2cccc[n+]2CC1. The van der Waals surface area contributed by atoms with Gasteiger partial charge in [0.15, 0.2) is 12.7 Å². The van der Waals surface area contributed by atoms with Crippen molar-refractivity contribution in [2.24, 2.45) is 0 Å². The van der Waals surface area contributed by atoms with E-state index in [1.54, 1.807) is 0 Å². The monoisotopic (exact) mass is 208 g/mol. The Morgan fingerprint density at radius 1 is 0.875 bits per heavy atom. The summed E-state index contributed by atoms with van der Waals surface area (Å²) in [6.45, 7) is 1.09. The number of aromatic nitrogens is 1. The van der Waals surface area contributed by atoms with Gasteiger partial charge in [-0.3, -0.25) is 0 Å². The van der Waals surface area contributed by atoms with Gasteiger partial charge in [-0.05, 0) is 11.6 Å². The van der Waals surface area contributed by atoms with Crippen LogP contribution in [0.4, 0.5) is 0 Å². The minimum Gasteiger partial charge on any atom is -0.198 e. The third-order valence-electron chi connectivity index (χ3n) is 3.02. The van der Waals surface area contributed by atoms with Crippen LogP contribution >= 0.6 is 0 Å². The van der Waals surface area contributed by atoms with Gasteiger partial charge >= 0.3 is 0 Å².